The van der Waals surface area contributed by atoms with Crippen LogP contribution in [0.1, 0.15) is 46.0 Å². The number of allylic oxidation sites excluding steroid dienone is 5. The van der Waals surface area contributed by atoms with Crippen LogP contribution in [0.5, 0.6) is 0 Å². The van der Waals surface area contributed by atoms with Crippen molar-refractivity contribution in [2.45, 2.75) is 46.0 Å². The summed E-state index contributed by atoms with van der Waals surface area (Å²) in [6.07, 6.45) is 12.8. The molecule has 0 radical (unpaired) electrons. The Balaban J connectivity index is 1.78. The molecule has 3 heteroatoms. The number of rotatable bonds is 4. The van der Waals surface area contributed by atoms with Crippen molar-refractivity contribution in [2.75, 3.05) is 6.61 Å². The third-order valence-electron chi connectivity index (χ3n) is 5.90. The Hall–Kier alpha value is -1.64. The van der Waals surface area contributed by atoms with Crippen LogP contribution in [0.4, 0.5) is 0 Å². The zero-order valence-electron chi connectivity index (χ0n) is 14.1. The number of carbonyl (C=O) groups is 2. The molecule has 3 rings (SSSR count). The predicted octanol–water partition coefficient (Wildman–Crippen LogP) is 4.00. The second-order valence-corrected chi connectivity index (χ2v) is 7.21. The molecule has 0 aromatic carbocycles. The van der Waals surface area contributed by atoms with Gasteiger partial charge in [0.05, 0.1) is 6.61 Å². The average molecular weight is 314 g/mol. The number of hydrogen-bond donors (Lipinski definition) is 0. The highest BCUT2D eigenvalue weighted by Gasteiger charge is 2.47. The van der Waals surface area contributed by atoms with E-state index in [0.29, 0.717) is 24.4 Å². The monoisotopic (exact) mass is 314 g/mol. The van der Waals surface area contributed by atoms with Gasteiger partial charge in [-0.3, -0.25) is 4.79 Å². The van der Waals surface area contributed by atoms with Gasteiger partial charge in [0.25, 0.3) is 0 Å². The van der Waals surface area contributed by atoms with E-state index >= 15 is 0 Å². The van der Waals surface area contributed by atoms with Crippen LogP contribution < -0.4 is 0 Å². The number of aldehydes is 1. The van der Waals surface area contributed by atoms with E-state index in [4.69, 9.17) is 4.74 Å². The molecule has 4 atom stereocenters. The lowest BCUT2D eigenvalue weighted by Gasteiger charge is -2.29. The topological polar surface area (TPSA) is 43.4 Å². The highest BCUT2D eigenvalue weighted by atomic mass is 16.5. The molecule has 0 amide bonds. The lowest BCUT2D eigenvalue weighted by atomic mass is 9.74. The maximum Gasteiger partial charge on any atom is 0.334 e. The van der Waals surface area contributed by atoms with Crippen LogP contribution >= 0.6 is 0 Å². The van der Waals surface area contributed by atoms with Gasteiger partial charge in [-0.25, -0.2) is 4.79 Å². The van der Waals surface area contributed by atoms with Gasteiger partial charge in [-0.15, -0.1) is 0 Å². The molecule has 23 heavy (non-hydrogen) atoms. The number of ether oxygens (including phenoxy) is 1. The van der Waals surface area contributed by atoms with Gasteiger partial charge in [0.1, 0.15) is 6.29 Å². The first-order valence-corrected chi connectivity index (χ1v) is 8.77. The molecule has 3 aliphatic rings. The van der Waals surface area contributed by atoms with Gasteiger partial charge in [-0.05, 0) is 69.3 Å². The smallest absolute Gasteiger partial charge is 0.334 e. The van der Waals surface area contributed by atoms with E-state index in [9.17, 15) is 9.59 Å². The summed E-state index contributed by atoms with van der Waals surface area (Å²) in [6, 6.07) is 0. The summed E-state index contributed by atoms with van der Waals surface area (Å²) >= 11 is 0. The number of esters is 1. The van der Waals surface area contributed by atoms with Crippen LogP contribution in [-0.4, -0.2) is 18.9 Å². The molecule has 0 aromatic rings. The van der Waals surface area contributed by atoms with E-state index in [1.54, 1.807) is 0 Å². The molecule has 1 saturated heterocycles. The molecule has 0 N–H and O–H groups in total. The number of carbonyl (C=O) groups excluding carboxylic acids is 2. The molecule has 124 valence electrons. The third-order valence-corrected chi connectivity index (χ3v) is 5.90. The third kappa shape index (κ3) is 3.19. The lowest BCUT2D eigenvalue weighted by molar-refractivity contribution is -0.135. The second-order valence-electron chi connectivity index (χ2n) is 7.21. The highest BCUT2D eigenvalue weighted by Crippen LogP contribution is 2.51. The SMILES string of the molecule is C/C(C=O)=C\C/C=C(\C)[C@H]1CC[C@@H]2CCC=C3C(=O)OC[C@@H]3[C@H]21. The zero-order valence-corrected chi connectivity index (χ0v) is 14.1. The van der Waals surface area contributed by atoms with Gasteiger partial charge in [-0.2, -0.15) is 0 Å². The van der Waals surface area contributed by atoms with Crippen LogP contribution in [0.25, 0.3) is 0 Å². The Morgan fingerprint density at radius 1 is 1.26 bits per heavy atom. The highest BCUT2D eigenvalue weighted by molar-refractivity contribution is 5.91. The van der Waals surface area contributed by atoms with Crippen molar-refractivity contribution < 1.29 is 14.3 Å². The van der Waals surface area contributed by atoms with E-state index in [1.807, 2.05) is 13.0 Å². The summed E-state index contributed by atoms with van der Waals surface area (Å²) in [6.45, 7) is 4.62. The molecule has 3 nitrogen and oxygen atoms in total. The Morgan fingerprint density at radius 2 is 2.09 bits per heavy atom. The van der Waals surface area contributed by atoms with E-state index in [0.717, 1.165) is 30.3 Å². The fourth-order valence-electron chi connectivity index (χ4n) is 4.71. The first-order chi connectivity index (χ1) is 11.1. The minimum atomic E-state index is -0.0903. The summed E-state index contributed by atoms with van der Waals surface area (Å²) in [5.74, 6) is 2.00. The Labute approximate surface area is 138 Å². The van der Waals surface area contributed by atoms with Crippen molar-refractivity contribution in [3.05, 3.63) is 34.9 Å². The van der Waals surface area contributed by atoms with Gasteiger partial charge >= 0.3 is 5.97 Å². The molecule has 1 aliphatic heterocycles. The van der Waals surface area contributed by atoms with Gasteiger partial charge in [0, 0.05) is 11.5 Å². The first kappa shape index (κ1) is 16.2. The fraction of sp³-hybridized carbons (Fsp3) is 0.600. The fourth-order valence-corrected chi connectivity index (χ4v) is 4.71. The summed E-state index contributed by atoms with van der Waals surface area (Å²) in [5, 5.41) is 0. The molecule has 1 heterocycles. The van der Waals surface area contributed by atoms with Crippen LogP contribution in [0, 0.1) is 23.7 Å². The van der Waals surface area contributed by atoms with Crippen molar-refractivity contribution in [2.24, 2.45) is 23.7 Å². The normalized spacial score (nSPS) is 34.3. The molecular formula is C20H26O3. The van der Waals surface area contributed by atoms with E-state index < -0.39 is 0 Å². The largest absolute Gasteiger partial charge is 0.462 e. The summed E-state index contributed by atoms with van der Waals surface area (Å²) < 4.78 is 5.34. The van der Waals surface area contributed by atoms with Crippen molar-refractivity contribution in [3.63, 3.8) is 0 Å². The summed E-state index contributed by atoms with van der Waals surface area (Å²) in [7, 11) is 0. The molecule has 0 spiro atoms. The predicted molar refractivity (Wildman–Crippen MR) is 89.7 cm³/mol. The summed E-state index contributed by atoms with van der Waals surface area (Å²) in [4.78, 5) is 22.6. The minimum Gasteiger partial charge on any atom is -0.462 e. The lowest BCUT2D eigenvalue weighted by Crippen LogP contribution is -2.26. The van der Waals surface area contributed by atoms with E-state index in [-0.39, 0.29) is 11.9 Å². The van der Waals surface area contributed by atoms with Gasteiger partial charge < -0.3 is 4.74 Å². The molecule has 0 aromatic heterocycles. The molecule has 0 unspecified atom stereocenters. The first-order valence-electron chi connectivity index (χ1n) is 8.77. The Morgan fingerprint density at radius 3 is 2.87 bits per heavy atom. The van der Waals surface area contributed by atoms with Crippen LogP contribution in [0.15, 0.2) is 34.9 Å². The van der Waals surface area contributed by atoms with Crippen LogP contribution in [0.2, 0.25) is 0 Å². The molecule has 0 bridgehead atoms. The van der Waals surface area contributed by atoms with Crippen molar-refractivity contribution in [3.8, 4) is 0 Å². The zero-order chi connectivity index (χ0) is 16.4. The summed E-state index contributed by atoms with van der Waals surface area (Å²) in [5.41, 5.74) is 3.13. The van der Waals surface area contributed by atoms with Crippen LogP contribution in [0.3, 0.4) is 0 Å². The molecular weight excluding hydrogens is 288 g/mol. The van der Waals surface area contributed by atoms with Gasteiger partial charge in [-0.1, -0.05) is 23.8 Å². The van der Waals surface area contributed by atoms with E-state index in [2.05, 4.69) is 19.1 Å². The number of hydrogen-bond acceptors (Lipinski definition) is 3. The number of fused-ring (bicyclic) bond motifs is 3. The van der Waals surface area contributed by atoms with Crippen molar-refractivity contribution in [1.82, 2.24) is 0 Å². The van der Waals surface area contributed by atoms with Crippen molar-refractivity contribution in [1.29, 1.82) is 0 Å². The molecule has 1 saturated carbocycles. The van der Waals surface area contributed by atoms with Gasteiger partial charge in [0.2, 0.25) is 0 Å². The second kappa shape index (κ2) is 6.86. The molecule has 2 aliphatic carbocycles. The Kier molecular flexibility index (Phi) is 4.84. The quantitative estimate of drug-likeness (QED) is 0.341. The molecule has 2 fully saturated rings. The number of cyclic esters (lactones) is 1. The van der Waals surface area contributed by atoms with E-state index in [1.165, 1.54) is 24.8 Å². The minimum absolute atomic E-state index is 0.0903. The van der Waals surface area contributed by atoms with Crippen LogP contribution in [-0.2, 0) is 14.3 Å². The maximum absolute atomic E-state index is 12.0. The Bertz CT molecular complexity index is 582. The van der Waals surface area contributed by atoms with Gasteiger partial charge in [0.15, 0.2) is 0 Å². The average Bonchev–Trinajstić information content (AvgIpc) is 3.06. The standard InChI is InChI=1S/C20H26O3/c1-13(11-21)5-3-6-14(2)16-10-9-15-7-4-8-17-18(19(15)16)12-23-20(17)22/h5-6,8,11,15-16,18-19H,3-4,7,9-10,12H2,1-2H3/b13-5+,14-6+/t15-,16+,18-,19+/m0/s1. The van der Waals surface area contributed by atoms with Crippen molar-refractivity contribution >= 4 is 12.3 Å². The maximum atomic E-state index is 12.0.